The Morgan fingerprint density at radius 2 is 2.11 bits per heavy atom. The van der Waals surface area contributed by atoms with Crippen molar-refractivity contribution in [2.75, 3.05) is 6.54 Å². The van der Waals surface area contributed by atoms with Crippen LogP contribution in [-0.2, 0) is 32.7 Å². The average Bonchev–Trinajstić information content (AvgIpc) is 2.33. The van der Waals surface area contributed by atoms with E-state index < -0.39 is 5.82 Å². The van der Waals surface area contributed by atoms with E-state index in [1.165, 1.54) is 18.2 Å². The zero-order valence-electron chi connectivity index (χ0n) is 11.1. The third kappa shape index (κ3) is 2.98. The Kier molecular flexibility index (Phi) is 5.51. The van der Waals surface area contributed by atoms with Crippen molar-refractivity contribution in [3.8, 4) is 5.75 Å². The number of allylic oxidation sites excluding steroid dienone is 3. The second kappa shape index (κ2) is 6.49. The first-order chi connectivity index (χ1) is 8.56. The molecule has 0 spiro atoms. The summed E-state index contributed by atoms with van der Waals surface area (Å²) in [5.74, 6) is -0.548. The molecule has 1 aliphatic heterocycles. The number of rotatable bonds is 2. The van der Waals surface area contributed by atoms with E-state index >= 15 is 0 Å². The van der Waals surface area contributed by atoms with Gasteiger partial charge < -0.3 is 10.0 Å². The fourth-order valence-electron chi connectivity index (χ4n) is 1.99. The molecule has 0 atom stereocenters. The predicted molar refractivity (Wildman–Crippen MR) is 70.0 cm³/mol. The molecule has 0 aliphatic carbocycles. The zero-order chi connectivity index (χ0) is 13.3. The third-order valence-electron chi connectivity index (χ3n) is 3.02. The second-order valence-corrected chi connectivity index (χ2v) is 4.15. The summed E-state index contributed by atoms with van der Waals surface area (Å²) in [6, 6.07) is 4.27. The van der Waals surface area contributed by atoms with E-state index in [2.05, 4.69) is 12.7 Å². The minimum Gasteiger partial charge on any atom is -0.520 e. The van der Waals surface area contributed by atoms with Crippen molar-refractivity contribution >= 4 is 5.70 Å². The fraction of sp³-hybridized carbons (Fsp3) is 0.200. The molecule has 0 fully saturated rings. The van der Waals surface area contributed by atoms with Crippen LogP contribution in [-0.4, -0.2) is 16.6 Å². The molecule has 2 rings (SSSR count). The van der Waals surface area contributed by atoms with Crippen LogP contribution in [0, 0.1) is 11.9 Å². The van der Waals surface area contributed by atoms with Gasteiger partial charge in [0.05, 0.1) is 11.6 Å². The van der Waals surface area contributed by atoms with E-state index in [1.54, 1.807) is 6.08 Å². The fourth-order valence-corrected chi connectivity index (χ4v) is 1.99. The quantitative estimate of drug-likeness (QED) is 0.838. The molecule has 1 radical (unpaired) electrons. The number of phenolic OH excluding ortho intramolecular Hbond substituents is 1. The van der Waals surface area contributed by atoms with Gasteiger partial charge in [-0.05, 0) is 30.3 Å². The molecule has 0 unspecified atom stereocenters. The molecule has 1 aliphatic rings. The van der Waals surface area contributed by atoms with Gasteiger partial charge in [0.1, 0.15) is 0 Å². The maximum Gasteiger partial charge on any atom is 0.0817 e. The van der Waals surface area contributed by atoms with Crippen molar-refractivity contribution in [1.29, 1.82) is 0 Å². The van der Waals surface area contributed by atoms with Gasteiger partial charge in [0.2, 0.25) is 0 Å². The summed E-state index contributed by atoms with van der Waals surface area (Å²) >= 11 is 0. The first kappa shape index (κ1) is 16.1. The second-order valence-electron chi connectivity index (χ2n) is 4.15. The standard InChI is InChI=1S/C15H15FNO.Y/c1-4-17-11(3)10(2)8-9-13(17)15-12(16)6-5-7-14(15)18;/h5-8,18H,3-4H2,1-2H3;/q-1;. The van der Waals surface area contributed by atoms with Gasteiger partial charge in [-0.15, -0.1) is 5.57 Å². The Hall–Kier alpha value is -0.926. The number of hydrogen-bond acceptors (Lipinski definition) is 2. The maximum absolute atomic E-state index is 13.9. The summed E-state index contributed by atoms with van der Waals surface area (Å²) in [6.07, 6.45) is 4.78. The normalized spacial score (nSPS) is 14.7. The van der Waals surface area contributed by atoms with Gasteiger partial charge in [-0.2, -0.15) is 12.2 Å². The molecular formula is C15H15FNOY-. The zero-order valence-corrected chi connectivity index (χ0v) is 13.9. The molecule has 1 heterocycles. The number of hydrogen-bond donors (Lipinski definition) is 1. The number of phenols is 1. The number of aromatic hydroxyl groups is 1. The molecule has 0 amide bonds. The van der Waals surface area contributed by atoms with Crippen LogP contribution in [0.15, 0.2) is 42.1 Å². The molecule has 97 valence electrons. The van der Waals surface area contributed by atoms with E-state index in [4.69, 9.17) is 0 Å². The summed E-state index contributed by atoms with van der Waals surface area (Å²) in [5.41, 5.74) is 2.47. The molecule has 4 heteroatoms. The Bertz CT molecular complexity index is 543. The van der Waals surface area contributed by atoms with Crippen LogP contribution < -0.4 is 0 Å². The van der Waals surface area contributed by atoms with Crippen LogP contribution in [0.3, 0.4) is 0 Å². The predicted octanol–water partition coefficient (Wildman–Crippen LogP) is 3.47. The monoisotopic (exact) mass is 333 g/mol. The van der Waals surface area contributed by atoms with E-state index in [0.29, 0.717) is 12.2 Å². The topological polar surface area (TPSA) is 23.5 Å². The Morgan fingerprint density at radius 1 is 1.42 bits per heavy atom. The molecule has 2 nitrogen and oxygen atoms in total. The molecule has 1 aromatic carbocycles. The minimum absolute atomic E-state index is 0. The number of likely N-dealkylation sites (N-methyl/N-ethyl adjacent to an activating group) is 1. The average molecular weight is 333 g/mol. The maximum atomic E-state index is 13.9. The van der Waals surface area contributed by atoms with Crippen molar-refractivity contribution in [3.63, 3.8) is 0 Å². The van der Waals surface area contributed by atoms with Gasteiger partial charge in [0, 0.05) is 39.3 Å². The molecule has 0 bridgehead atoms. The van der Waals surface area contributed by atoms with Crippen molar-refractivity contribution in [1.82, 2.24) is 4.90 Å². The minimum atomic E-state index is -0.461. The summed E-state index contributed by atoms with van der Waals surface area (Å²) in [6.45, 7) is 8.49. The molecule has 19 heavy (non-hydrogen) atoms. The first-order valence-corrected chi connectivity index (χ1v) is 5.81. The third-order valence-corrected chi connectivity index (χ3v) is 3.02. The van der Waals surface area contributed by atoms with Crippen LogP contribution in [0.4, 0.5) is 4.39 Å². The first-order valence-electron chi connectivity index (χ1n) is 5.81. The van der Waals surface area contributed by atoms with E-state index in [9.17, 15) is 9.50 Å². The number of halogens is 1. The van der Waals surface area contributed by atoms with Crippen LogP contribution >= 0.6 is 0 Å². The van der Waals surface area contributed by atoms with Gasteiger partial charge in [-0.3, -0.25) is 0 Å². The Labute approximate surface area is 138 Å². The molecule has 1 N–H and O–H groups in total. The van der Waals surface area contributed by atoms with E-state index in [0.717, 1.165) is 11.3 Å². The molecule has 0 saturated heterocycles. The smallest absolute Gasteiger partial charge is 0.0817 e. The van der Waals surface area contributed by atoms with Crippen molar-refractivity contribution < 1.29 is 42.2 Å². The Balaban J connectivity index is 0.00000180. The number of benzene rings is 1. The van der Waals surface area contributed by atoms with Crippen LogP contribution in [0.25, 0.3) is 5.70 Å². The SMILES string of the molecule is C=C1C(C)=C[C-]=C(c2c(O)cccc2F)N1CC.[Y]. The molecule has 1 aromatic rings. The molecule has 0 aromatic heterocycles. The van der Waals surface area contributed by atoms with Crippen molar-refractivity contribution in [2.24, 2.45) is 0 Å². The Morgan fingerprint density at radius 3 is 2.68 bits per heavy atom. The summed E-state index contributed by atoms with van der Waals surface area (Å²) in [4.78, 5) is 1.84. The van der Waals surface area contributed by atoms with E-state index in [1.807, 2.05) is 18.7 Å². The summed E-state index contributed by atoms with van der Waals surface area (Å²) in [7, 11) is 0. The van der Waals surface area contributed by atoms with Crippen LogP contribution in [0.1, 0.15) is 19.4 Å². The van der Waals surface area contributed by atoms with Gasteiger partial charge in [-0.1, -0.05) is 25.3 Å². The van der Waals surface area contributed by atoms with Gasteiger partial charge in [0.15, 0.2) is 0 Å². The van der Waals surface area contributed by atoms with E-state index in [-0.39, 0.29) is 44.0 Å². The molecular weight excluding hydrogens is 318 g/mol. The molecule has 0 saturated carbocycles. The van der Waals surface area contributed by atoms with Gasteiger partial charge in [-0.25, -0.2) is 4.39 Å². The summed E-state index contributed by atoms with van der Waals surface area (Å²) < 4.78 is 13.9. The van der Waals surface area contributed by atoms with Gasteiger partial charge in [0.25, 0.3) is 0 Å². The van der Waals surface area contributed by atoms with Crippen molar-refractivity contribution in [3.05, 3.63) is 59.6 Å². The van der Waals surface area contributed by atoms with Crippen molar-refractivity contribution in [2.45, 2.75) is 13.8 Å². The van der Waals surface area contributed by atoms with Crippen LogP contribution in [0.2, 0.25) is 0 Å². The van der Waals surface area contributed by atoms with Gasteiger partial charge >= 0.3 is 0 Å². The summed E-state index contributed by atoms with van der Waals surface area (Å²) in [5, 5.41) is 9.83. The largest absolute Gasteiger partial charge is 0.520 e. The van der Waals surface area contributed by atoms with Crippen LogP contribution in [0.5, 0.6) is 5.75 Å². The number of nitrogens with zero attached hydrogens (tertiary/aromatic N) is 1.